The maximum absolute atomic E-state index is 12.0. The lowest BCUT2D eigenvalue weighted by Crippen LogP contribution is -2.19. The van der Waals surface area contributed by atoms with Crippen LogP contribution in [0.5, 0.6) is 5.75 Å². The van der Waals surface area contributed by atoms with Crippen LogP contribution in [0.25, 0.3) is 0 Å². The van der Waals surface area contributed by atoms with Gasteiger partial charge >= 0.3 is 6.18 Å². The summed E-state index contributed by atoms with van der Waals surface area (Å²) in [4.78, 5) is 0. The first-order valence-corrected chi connectivity index (χ1v) is 7.07. The fraction of sp³-hybridized carbons (Fsp3) is 0.273. The highest BCUT2D eigenvalue weighted by Crippen LogP contribution is 2.26. The molecule has 0 saturated heterocycles. The van der Waals surface area contributed by atoms with E-state index < -0.39 is 12.8 Å². The summed E-state index contributed by atoms with van der Waals surface area (Å²) < 4.78 is 41.6. The van der Waals surface area contributed by atoms with Crippen LogP contribution in [-0.4, -0.2) is 23.0 Å². The third-order valence-electron chi connectivity index (χ3n) is 2.00. The molecule has 8 heteroatoms. The average molecular weight is 306 g/mol. The van der Waals surface area contributed by atoms with Gasteiger partial charge in [0.05, 0.1) is 0 Å². The van der Waals surface area contributed by atoms with Crippen LogP contribution in [0.3, 0.4) is 0 Å². The van der Waals surface area contributed by atoms with E-state index in [0.717, 1.165) is 9.90 Å². The molecule has 1 aromatic carbocycles. The number of ether oxygens (including phenoxy) is 1. The third kappa shape index (κ3) is 5.07. The van der Waals surface area contributed by atoms with Crippen molar-refractivity contribution in [2.24, 2.45) is 0 Å². The zero-order chi connectivity index (χ0) is 13.7. The second kappa shape index (κ2) is 6.25. The molecule has 19 heavy (non-hydrogen) atoms. The molecule has 0 bridgehead atoms. The Labute approximate surface area is 115 Å². The molecular weight excluding hydrogens is 297 g/mol. The molecule has 0 spiro atoms. The first-order chi connectivity index (χ1) is 9.03. The Kier molecular flexibility index (Phi) is 4.65. The minimum Gasteiger partial charge on any atom is -0.484 e. The number of aromatic nitrogens is 2. The summed E-state index contributed by atoms with van der Waals surface area (Å²) in [6.45, 7) is -1.28. The largest absolute Gasteiger partial charge is 0.484 e. The summed E-state index contributed by atoms with van der Waals surface area (Å²) in [5, 5.41) is 7.58. The smallest absolute Gasteiger partial charge is 0.422 e. The number of halogens is 3. The van der Waals surface area contributed by atoms with Crippen molar-refractivity contribution in [2.45, 2.75) is 16.3 Å². The number of nitrogens with zero attached hydrogens (tertiary/aromatic N) is 2. The normalized spacial score (nSPS) is 11.5. The first-order valence-electron chi connectivity index (χ1n) is 5.20. The third-order valence-corrected chi connectivity index (χ3v) is 3.93. The second-order valence-electron chi connectivity index (χ2n) is 3.54. The summed E-state index contributed by atoms with van der Waals surface area (Å²) in [5.74, 6) is 0.825. The maximum Gasteiger partial charge on any atom is 0.422 e. The SMILES string of the molecule is FC(F)(F)COc1cccc(CSc2nncs2)c1. The molecule has 0 aliphatic rings. The Morgan fingerprint density at radius 3 is 2.84 bits per heavy atom. The van der Waals surface area contributed by atoms with Gasteiger partial charge in [0.15, 0.2) is 10.9 Å². The molecule has 3 nitrogen and oxygen atoms in total. The Balaban J connectivity index is 1.91. The quantitative estimate of drug-likeness (QED) is 0.788. The Morgan fingerprint density at radius 1 is 1.32 bits per heavy atom. The van der Waals surface area contributed by atoms with Crippen molar-refractivity contribution >= 4 is 23.1 Å². The molecule has 0 aliphatic carbocycles. The van der Waals surface area contributed by atoms with Crippen LogP contribution in [0.1, 0.15) is 5.56 Å². The summed E-state index contributed by atoms with van der Waals surface area (Å²) in [7, 11) is 0. The molecule has 1 heterocycles. The van der Waals surface area contributed by atoms with Gasteiger partial charge in [-0.1, -0.05) is 35.2 Å². The van der Waals surface area contributed by atoms with E-state index >= 15 is 0 Å². The van der Waals surface area contributed by atoms with Crippen LogP contribution >= 0.6 is 23.1 Å². The van der Waals surface area contributed by atoms with Crippen LogP contribution in [0.4, 0.5) is 13.2 Å². The van der Waals surface area contributed by atoms with Crippen molar-refractivity contribution in [2.75, 3.05) is 6.61 Å². The summed E-state index contributed by atoms with van der Waals surface area (Å²) in [6, 6.07) is 6.60. The molecule has 0 amide bonds. The van der Waals surface area contributed by atoms with Gasteiger partial charge < -0.3 is 4.74 Å². The average Bonchev–Trinajstić information content (AvgIpc) is 2.87. The van der Waals surface area contributed by atoms with E-state index in [4.69, 9.17) is 0 Å². The topological polar surface area (TPSA) is 35.0 Å². The molecule has 2 rings (SSSR count). The first kappa shape index (κ1) is 14.1. The minimum atomic E-state index is -4.32. The number of hydrogen-bond acceptors (Lipinski definition) is 5. The van der Waals surface area contributed by atoms with Gasteiger partial charge in [0.1, 0.15) is 11.3 Å². The number of rotatable bonds is 5. The van der Waals surface area contributed by atoms with Crippen LogP contribution in [-0.2, 0) is 5.75 Å². The van der Waals surface area contributed by atoms with Crippen LogP contribution in [0.15, 0.2) is 34.1 Å². The lowest BCUT2D eigenvalue weighted by molar-refractivity contribution is -0.153. The van der Waals surface area contributed by atoms with Gasteiger partial charge in [0.25, 0.3) is 0 Å². The van der Waals surface area contributed by atoms with Crippen molar-refractivity contribution in [3.05, 3.63) is 35.3 Å². The Bertz CT molecular complexity index is 517. The minimum absolute atomic E-state index is 0.215. The fourth-order valence-electron chi connectivity index (χ4n) is 1.26. The molecule has 2 aromatic rings. The molecule has 1 aromatic heterocycles. The molecule has 0 fully saturated rings. The Hall–Kier alpha value is -1.28. The number of hydrogen-bond donors (Lipinski definition) is 0. The molecule has 102 valence electrons. The maximum atomic E-state index is 12.0. The van der Waals surface area contributed by atoms with E-state index in [1.165, 1.54) is 29.2 Å². The van der Waals surface area contributed by atoms with E-state index in [0.29, 0.717) is 5.75 Å². The summed E-state index contributed by atoms with van der Waals surface area (Å²) >= 11 is 2.90. The van der Waals surface area contributed by atoms with Gasteiger partial charge in [0.2, 0.25) is 0 Å². The second-order valence-corrected chi connectivity index (χ2v) is 5.60. The van der Waals surface area contributed by atoms with Gasteiger partial charge in [-0.25, -0.2) is 0 Å². The van der Waals surface area contributed by atoms with Gasteiger partial charge in [0, 0.05) is 5.75 Å². The van der Waals surface area contributed by atoms with Crippen molar-refractivity contribution < 1.29 is 17.9 Å². The molecule has 0 saturated carbocycles. The number of benzene rings is 1. The highest BCUT2D eigenvalue weighted by Gasteiger charge is 2.28. The highest BCUT2D eigenvalue weighted by molar-refractivity contribution is 8.00. The Morgan fingerprint density at radius 2 is 2.16 bits per heavy atom. The van der Waals surface area contributed by atoms with E-state index in [9.17, 15) is 13.2 Å². The van der Waals surface area contributed by atoms with Crippen LogP contribution < -0.4 is 4.74 Å². The summed E-state index contributed by atoms with van der Waals surface area (Å²) in [5.41, 5.74) is 2.51. The van der Waals surface area contributed by atoms with Crippen molar-refractivity contribution in [1.29, 1.82) is 0 Å². The fourth-order valence-corrected chi connectivity index (χ4v) is 2.69. The van der Waals surface area contributed by atoms with Gasteiger partial charge in [-0.15, -0.1) is 10.2 Å². The van der Waals surface area contributed by atoms with Crippen LogP contribution in [0.2, 0.25) is 0 Å². The molecule has 0 aliphatic heterocycles. The predicted octanol–water partition coefficient (Wildman–Crippen LogP) is 3.77. The van der Waals surface area contributed by atoms with E-state index in [1.807, 2.05) is 6.07 Å². The van der Waals surface area contributed by atoms with E-state index in [-0.39, 0.29) is 5.75 Å². The highest BCUT2D eigenvalue weighted by atomic mass is 32.2. The van der Waals surface area contributed by atoms with Crippen LogP contribution in [0, 0.1) is 0 Å². The zero-order valence-electron chi connectivity index (χ0n) is 9.55. The molecular formula is C11H9F3N2OS2. The van der Waals surface area contributed by atoms with Crippen molar-refractivity contribution in [3.63, 3.8) is 0 Å². The molecule has 0 N–H and O–H groups in total. The van der Waals surface area contributed by atoms with Gasteiger partial charge in [-0.3, -0.25) is 0 Å². The van der Waals surface area contributed by atoms with Gasteiger partial charge in [-0.2, -0.15) is 13.2 Å². The summed E-state index contributed by atoms with van der Waals surface area (Å²) in [6.07, 6.45) is -4.32. The number of thioether (sulfide) groups is 1. The molecule has 0 radical (unpaired) electrons. The monoisotopic (exact) mass is 306 g/mol. The standard InChI is InChI=1S/C11H9F3N2OS2/c12-11(13,14)6-17-9-3-1-2-8(4-9)5-18-10-16-15-7-19-10/h1-4,7H,5-6H2. The zero-order valence-corrected chi connectivity index (χ0v) is 11.2. The van der Waals surface area contributed by atoms with Gasteiger partial charge in [-0.05, 0) is 17.7 Å². The lowest BCUT2D eigenvalue weighted by Gasteiger charge is -2.09. The van der Waals surface area contributed by atoms with E-state index in [2.05, 4.69) is 14.9 Å². The molecule has 0 unspecified atom stereocenters. The number of alkyl halides is 3. The van der Waals surface area contributed by atoms with Crippen molar-refractivity contribution in [3.8, 4) is 5.75 Å². The lowest BCUT2D eigenvalue weighted by atomic mass is 10.2. The molecule has 0 atom stereocenters. The van der Waals surface area contributed by atoms with E-state index in [1.54, 1.807) is 17.6 Å². The van der Waals surface area contributed by atoms with Crippen molar-refractivity contribution in [1.82, 2.24) is 10.2 Å². The predicted molar refractivity (Wildman–Crippen MR) is 67.5 cm³/mol.